The summed E-state index contributed by atoms with van der Waals surface area (Å²) in [5.74, 6) is 0.244. The van der Waals surface area contributed by atoms with Gasteiger partial charge in [-0.1, -0.05) is 0 Å². The molecule has 3 heterocycles. The number of likely N-dealkylation sites (tertiary alicyclic amines) is 1. The maximum atomic E-state index is 12.3. The van der Waals surface area contributed by atoms with Crippen molar-refractivity contribution in [1.82, 2.24) is 24.6 Å². The highest BCUT2D eigenvalue weighted by atomic mass is 16.2. The number of hydrogen-bond donors (Lipinski definition) is 1. The molecule has 1 aliphatic rings. The van der Waals surface area contributed by atoms with E-state index >= 15 is 0 Å². The Kier molecular flexibility index (Phi) is 3.79. The van der Waals surface area contributed by atoms with E-state index in [1.165, 1.54) is 0 Å². The lowest BCUT2D eigenvalue weighted by Crippen LogP contribution is -2.43. The summed E-state index contributed by atoms with van der Waals surface area (Å²) in [7, 11) is 0. The first-order valence-corrected chi connectivity index (χ1v) is 7.71. The predicted molar refractivity (Wildman–Crippen MR) is 84.4 cm³/mol. The summed E-state index contributed by atoms with van der Waals surface area (Å²) >= 11 is 0. The van der Waals surface area contributed by atoms with Crippen molar-refractivity contribution in [3.63, 3.8) is 0 Å². The average molecular weight is 315 g/mol. The number of rotatable bonds is 3. The Morgan fingerprint density at radius 2 is 2.22 bits per heavy atom. The van der Waals surface area contributed by atoms with Gasteiger partial charge in [0.15, 0.2) is 0 Å². The first-order valence-electron chi connectivity index (χ1n) is 7.71. The van der Waals surface area contributed by atoms with Crippen molar-refractivity contribution in [2.45, 2.75) is 39.3 Å². The van der Waals surface area contributed by atoms with Gasteiger partial charge in [0, 0.05) is 37.1 Å². The molecule has 0 radical (unpaired) electrons. The molecule has 1 N–H and O–H groups in total. The number of nitrogens with one attached hydrogen (secondary N) is 1. The van der Waals surface area contributed by atoms with Gasteiger partial charge >= 0.3 is 0 Å². The van der Waals surface area contributed by atoms with Crippen LogP contribution in [0.3, 0.4) is 0 Å². The first kappa shape index (κ1) is 15.5. The van der Waals surface area contributed by atoms with Crippen molar-refractivity contribution >= 4 is 17.6 Å². The molecule has 1 saturated heterocycles. The second kappa shape index (κ2) is 5.64. The number of carbonyl (C=O) groups excluding carboxylic acids is 2. The standard InChI is InChI=1S/C16H21N5O2/c1-16(2,3)21-9-11(7-13(21)22)14(23)18-8-12-10-20-6-4-5-17-15(20)19-12/h4-6,10-11H,7-9H2,1-3H3,(H,18,23). The molecule has 23 heavy (non-hydrogen) atoms. The maximum absolute atomic E-state index is 12.3. The van der Waals surface area contributed by atoms with E-state index in [0.717, 1.165) is 5.69 Å². The van der Waals surface area contributed by atoms with E-state index in [1.54, 1.807) is 11.1 Å². The molecule has 1 atom stereocenters. The fourth-order valence-corrected chi connectivity index (χ4v) is 2.82. The third kappa shape index (κ3) is 3.18. The van der Waals surface area contributed by atoms with E-state index < -0.39 is 0 Å². The van der Waals surface area contributed by atoms with Crippen LogP contribution >= 0.6 is 0 Å². The Hall–Kier alpha value is -2.44. The highest BCUT2D eigenvalue weighted by Gasteiger charge is 2.39. The predicted octanol–water partition coefficient (Wildman–Crippen LogP) is 0.992. The molecule has 0 aliphatic carbocycles. The minimum absolute atomic E-state index is 0.0366. The van der Waals surface area contributed by atoms with Gasteiger partial charge in [0.05, 0.1) is 18.2 Å². The van der Waals surface area contributed by atoms with Crippen LogP contribution in [0.1, 0.15) is 32.9 Å². The van der Waals surface area contributed by atoms with Crippen LogP contribution in [0.5, 0.6) is 0 Å². The Bertz CT molecular complexity index is 713. The molecule has 122 valence electrons. The van der Waals surface area contributed by atoms with Gasteiger partial charge in [-0.15, -0.1) is 0 Å². The molecule has 7 heteroatoms. The van der Waals surface area contributed by atoms with Gasteiger partial charge in [0.2, 0.25) is 17.6 Å². The van der Waals surface area contributed by atoms with Gasteiger partial charge in [0.1, 0.15) is 0 Å². The number of amides is 2. The van der Waals surface area contributed by atoms with E-state index in [2.05, 4.69) is 15.3 Å². The van der Waals surface area contributed by atoms with Crippen molar-refractivity contribution in [3.05, 3.63) is 30.4 Å². The number of aromatic nitrogens is 3. The summed E-state index contributed by atoms with van der Waals surface area (Å²) in [5.41, 5.74) is 0.494. The average Bonchev–Trinajstić information content (AvgIpc) is 3.07. The molecule has 0 saturated carbocycles. The summed E-state index contributed by atoms with van der Waals surface area (Å²) in [5, 5.41) is 2.87. The normalized spacial score (nSPS) is 18.7. The molecule has 0 aromatic carbocycles. The van der Waals surface area contributed by atoms with Gasteiger partial charge in [-0.2, -0.15) is 0 Å². The molecule has 2 aromatic heterocycles. The zero-order chi connectivity index (χ0) is 16.6. The van der Waals surface area contributed by atoms with Gasteiger partial charge in [-0.25, -0.2) is 9.97 Å². The minimum atomic E-state index is -0.295. The van der Waals surface area contributed by atoms with Crippen molar-refractivity contribution in [2.75, 3.05) is 6.54 Å². The Morgan fingerprint density at radius 1 is 1.43 bits per heavy atom. The summed E-state index contributed by atoms with van der Waals surface area (Å²) in [6.45, 7) is 6.75. The third-order valence-corrected chi connectivity index (χ3v) is 4.03. The van der Waals surface area contributed by atoms with E-state index in [-0.39, 0.29) is 29.7 Å². The van der Waals surface area contributed by atoms with Crippen LogP contribution in [-0.2, 0) is 16.1 Å². The highest BCUT2D eigenvalue weighted by Crippen LogP contribution is 2.25. The van der Waals surface area contributed by atoms with Crippen LogP contribution < -0.4 is 5.32 Å². The van der Waals surface area contributed by atoms with Crippen LogP contribution in [0.4, 0.5) is 0 Å². The van der Waals surface area contributed by atoms with E-state index in [0.29, 0.717) is 18.9 Å². The minimum Gasteiger partial charge on any atom is -0.350 e. The molecule has 2 amide bonds. The number of hydrogen-bond acceptors (Lipinski definition) is 4. The van der Waals surface area contributed by atoms with Crippen LogP contribution in [0, 0.1) is 5.92 Å². The molecule has 0 bridgehead atoms. The molecule has 1 fully saturated rings. The quantitative estimate of drug-likeness (QED) is 0.916. The van der Waals surface area contributed by atoms with E-state index in [9.17, 15) is 9.59 Å². The second-order valence-corrected chi connectivity index (χ2v) is 6.85. The summed E-state index contributed by atoms with van der Waals surface area (Å²) < 4.78 is 1.81. The summed E-state index contributed by atoms with van der Waals surface area (Å²) in [4.78, 5) is 34.6. The molecular weight excluding hydrogens is 294 g/mol. The molecule has 7 nitrogen and oxygen atoms in total. The maximum Gasteiger partial charge on any atom is 0.233 e. The van der Waals surface area contributed by atoms with E-state index in [4.69, 9.17) is 0 Å². The van der Waals surface area contributed by atoms with Crippen molar-refractivity contribution < 1.29 is 9.59 Å². The number of nitrogens with zero attached hydrogens (tertiary/aromatic N) is 4. The van der Waals surface area contributed by atoms with Crippen LogP contribution in [0.25, 0.3) is 5.78 Å². The van der Waals surface area contributed by atoms with Crippen LogP contribution in [-0.4, -0.2) is 43.2 Å². The first-order chi connectivity index (χ1) is 10.8. The summed E-state index contributed by atoms with van der Waals surface area (Å²) in [6, 6.07) is 1.82. The fraction of sp³-hybridized carbons (Fsp3) is 0.500. The van der Waals surface area contributed by atoms with Crippen molar-refractivity contribution in [3.8, 4) is 0 Å². The number of imidazole rings is 1. The Labute approximate surface area is 134 Å². The lowest BCUT2D eigenvalue weighted by atomic mass is 10.1. The van der Waals surface area contributed by atoms with Crippen LogP contribution in [0.15, 0.2) is 24.7 Å². The SMILES string of the molecule is CC(C)(C)N1CC(C(=O)NCc2cn3cccnc3n2)CC1=O. The highest BCUT2D eigenvalue weighted by molar-refractivity contribution is 5.89. The Morgan fingerprint density at radius 3 is 2.87 bits per heavy atom. The largest absolute Gasteiger partial charge is 0.350 e. The molecular formula is C16H21N5O2. The van der Waals surface area contributed by atoms with Gasteiger partial charge < -0.3 is 10.2 Å². The van der Waals surface area contributed by atoms with Gasteiger partial charge in [-0.05, 0) is 26.8 Å². The fourth-order valence-electron chi connectivity index (χ4n) is 2.82. The van der Waals surface area contributed by atoms with Crippen molar-refractivity contribution in [1.29, 1.82) is 0 Å². The molecule has 1 unspecified atom stereocenters. The Balaban J connectivity index is 1.60. The third-order valence-electron chi connectivity index (χ3n) is 4.03. The summed E-state index contributed by atoms with van der Waals surface area (Å²) in [6.07, 6.45) is 5.65. The smallest absolute Gasteiger partial charge is 0.233 e. The van der Waals surface area contributed by atoms with Gasteiger partial charge in [-0.3, -0.25) is 14.0 Å². The second-order valence-electron chi connectivity index (χ2n) is 6.85. The number of fused-ring (bicyclic) bond motifs is 1. The van der Waals surface area contributed by atoms with Crippen molar-refractivity contribution in [2.24, 2.45) is 5.92 Å². The van der Waals surface area contributed by atoms with E-state index in [1.807, 2.05) is 43.6 Å². The van der Waals surface area contributed by atoms with Gasteiger partial charge in [0.25, 0.3) is 0 Å². The molecule has 1 aliphatic heterocycles. The monoisotopic (exact) mass is 315 g/mol. The molecule has 3 rings (SSSR count). The van der Waals surface area contributed by atoms with Crippen LogP contribution in [0.2, 0.25) is 0 Å². The lowest BCUT2D eigenvalue weighted by molar-refractivity contribution is -0.132. The zero-order valence-electron chi connectivity index (χ0n) is 13.6. The number of carbonyl (C=O) groups is 2. The zero-order valence-corrected chi connectivity index (χ0v) is 13.6. The lowest BCUT2D eigenvalue weighted by Gasteiger charge is -2.31. The topological polar surface area (TPSA) is 79.6 Å². The molecule has 2 aromatic rings. The molecule has 0 spiro atoms.